The van der Waals surface area contributed by atoms with Crippen LogP contribution in [0.25, 0.3) is 0 Å². The van der Waals surface area contributed by atoms with Gasteiger partial charge in [0.1, 0.15) is 12.4 Å². The van der Waals surface area contributed by atoms with Gasteiger partial charge in [0.25, 0.3) is 0 Å². The fraction of sp³-hybridized carbons (Fsp3) is 0.462. The molecule has 1 aliphatic heterocycles. The Kier molecular flexibility index (Phi) is 3.22. The van der Waals surface area contributed by atoms with Crippen LogP contribution in [0, 0.1) is 11.7 Å². The third-order valence-electron chi connectivity index (χ3n) is 2.80. The molecule has 2 rings (SSSR count). The molecule has 1 aromatic carbocycles. The molecule has 0 spiro atoms. The molecule has 0 unspecified atom stereocenters. The van der Waals surface area contributed by atoms with Crippen molar-refractivity contribution in [3.63, 3.8) is 0 Å². The highest BCUT2D eigenvalue weighted by Gasteiger charge is 2.22. The Labute approximate surface area is 95.2 Å². The van der Waals surface area contributed by atoms with Gasteiger partial charge in [-0.2, -0.15) is 0 Å². The second-order valence-electron chi connectivity index (χ2n) is 4.41. The average molecular weight is 221 g/mol. The van der Waals surface area contributed by atoms with Gasteiger partial charge in [-0.05, 0) is 17.5 Å². The monoisotopic (exact) mass is 221 g/mol. The van der Waals surface area contributed by atoms with Crippen LogP contribution in [-0.2, 0) is 11.2 Å². The van der Waals surface area contributed by atoms with Crippen molar-refractivity contribution in [3.8, 4) is 0 Å². The molecule has 3 heteroatoms. The van der Waals surface area contributed by atoms with Crippen LogP contribution in [-0.4, -0.2) is 18.5 Å². The summed E-state index contributed by atoms with van der Waals surface area (Å²) in [6.45, 7) is 4.86. The molecule has 0 fully saturated rings. The van der Waals surface area contributed by atoms with Gasteiger partial charge >= 0.3 is 0 Å². The molecule has 0 radical (unpaired) electrons. The smallest absolute Gasteiger partial charge is 0.188 e. The van der Waals surface area contributed by atoms with Crippen molar-refractivity contribution in [2.24, 2.45) is 10.9 Å². The summed E-state index contributed by atoms with van der Waals surface area (Å²) >= 11 is 0. The summed E-state index contributed by atoms with van der Waals surface area (Å²) in [5.74, 6) is 0.934. The maximum Gasteiger partial charge on any atom is 0.188 e. The second kappa shape index (κ2) is 4.64. The number of hydrogen-bond acceptors (Lipinski definition) is 2. The van der Waals surface area contributed by atoms with Gasteiger partial charge in [-0.1, -0.05) is 32.0 Å². The molecule has 2 nitrogen and oxygen atoms in total. The van der Waals surface area contributed by atoms with E-state index >= 15 is 0 Å². The van der Waals surface area contributed by atoms with Crippen molar-refractivity contribution in [1.82, 2.24) is 0 Å². The van der Waals surface area contributed by atoms with Gasteiger partial charge < -0.3 is 4.74 Å². The molecule has 1 aliphatic rings. The third kappa shape index (κ3) is 2.40. The van der Waals surface area contributed by atoms with Crippen LogP contribution in [0.5, 0.6) is 0 Å². The number of hydrogen-bond donors (Lipinski definition) is 0. The van der Waals surface area contributed by atoms with Crippen molar-refractivity contribution in [3.05, 3.63) is 35.6 Å². The van der Waals surface area contributed by atoms with Gasteiger partial charge in [-0.25, -0.2) is 9.38 Å². The fourth-order valence-electron chi connectivity index (χ4n) is 1.68. The Morgan fingerprint density at radius 3 is 2.81 bits per heavy atom. The van der Waals surface area contributed by atoms with Gasteiger partial charge in [0.15, 0.2) is 5.90 Å². The molecule has 0 bridgehead atoms. The first kappa shape index (κ1) is 11.1. The minimum atomic E-state index is -0.193. The molecule has 16 heavy (non-hydrogen) atoms. The summed E-state index contributed by atoms with van der Waals surface area (Å²) in [6, 6.07) is 6.97. The highest BCUT2D eigenvalue weighted by molar-refractivity contribution is 5.80. The van der Waals surface area contributed by atoms with Crippen LogP contribution >= 0.6 is 0 Å². The first-order chi connectivity index (χ1) is 7.66. The van der Waals surface area contributed by atoms with E-state index in [2.05, 4.69) is 18.8 Å². The lowest BCUT2D eigenvalue weighted by Crippen LogP contribution is -2.13. The molecule has 0 N–H and O–H groups in total. The average Bonchev–Trinajstić information content (AvgIpc) is 2.70. The van der Waals surface area contributed by atoms with Gasteiger partial charge in [0, 0.05) is 0 Å². The molecular formula is C13H16FNO. The normalized spacial score (nSPS) is 19.8. The fourth-order valence-corrected chi connectivity index (χ4v) is 1.68. The standard InChI is InChI=1S/C13H16FNO/c1-9(2)12-8-16-13(15-12)7-10-5-3-4-6-11(10)14/h3-6,9,12H,7-8H2,1-2H3/t12-/m1/s1. The third-order valence-corrected chi connectivity index (χ3v) is 2.80. The predicted octanol–water partition coefficient (Wildman–Crippen LogP) is 2.82. The van der Waals surface area contributed by atoms with Crippen molar-refractivity contribution >= 4 is 5.90 Å². The quantitative estimate of drug-likeness (QED) is 0.769. The van der Waals surface area contributed by atoms with E-state index < -0.39 is 0 Å². The molecule has 1 aromatic rings. The van der Waals surface area contributed by atoms with E-state index in [4.69, 9.17) is 4.74 Å². The summed E-state index contributed by atoms with van der Waals surface area (Å²) in [7, 11) is 0. The Bertz CT molecular complexity index is 401. The number of nitrogens with zero attached hydrogens (tertiary/aromatic N) is 1. The van der Waals surface area contributed by atoms with Crippen molar-refractivity contribution in [2.45, 2.75) is 26.3 Å². The van der Waals surface area contributed by atoms with Crippen LogP contribution in [0.15, 0.2) is 29.3 Å². The Morgan fingerprint density at radius 2 is 2.19 bits per heavy atom. The summed E-state index contributed by atoms with van der Waals surface area (Å²) in [6.07, 6.45) is 0.454. The van der Waals surface area contributed by atoms with E-state index in [0.717, 1.165) is 0 Å². The van der Waals surface area contributed by atoms with E-state index in [1.165, 1.54) is 6.07 Å². The Morgan fingerprint density at radius 1 is 1.44 bits per heavy atom. The van der Waals surface area contributed by atoms with E-state index in [0.29, 0.717) is 30.4 Å². The maximum absolute atomic E-state index is 13.4. The van der Waals surface area contributed by atoms with Gasteiger partial charge in [0.2, 0.25) is 0 Å². The van der Waals surface area contributed by atoms with Crippen LogP contribution in [0.4, 0.5) is 4.39 Å². The van der Waals surface area contributed by atoms with Crippen LogP contribution < -0.4 is 0 Å². The highest BCUT2D eigenvalue weighted by atomic mass is 19.1. The SMILES string of the molecule is CC(C)[C@H]1COC(Cc2ccccc2F)=N1. The Balaban J connectivity index is 2.07. The molecule has 0 amide bonds. The lowest BCUT2D eigenvalue weighted by Gasteiger charge is -2.06. The maximum atomic E-state index is 13.4. The number of aliphatic imine (C=N–C) groups is 1. The minimum Gasteiger partial charge on any atom is -0.478 e. The summed E-state index contributed by atoms with van der Waals surface area (Å²) < 4.78 is 18.9. The van der Waals surface area contributed by atoms with Crippen molar-refractivity contribution in [1.29, 1.82) is 0 Å². The van der Waals surface area contributed by atoms with E-state index in [1.807, 2.05) is 6.07 Å². The first-order valence-electron chi connectivity index (χ1n) is 5.59. The van der Waals surface area contributed by atoms with Gasteiger partial charge in [0.05, 0.1) is 12.5 Å². The van der Waals surface area contributed by atoms with E-state index in [-0.39, 0.29) is 11.9 Å². The number of halogens is 1. The van der Waals surface area contributed by atoms with Crippen LogP contribution in [0.2, 0.25) is 0 Å². The van der Waals surface area contributed by atoms with Crippen molar-refractivity contribution in [2.75, 3.05) is 6.61 Å². The van der Waals surface area contributed by atoms with E-state index in [9.17, 15) is 4.39 Å². The van der Waals surface area contributed by atoms with Crippen molar-refractivity contribution < 1.29 is 9.13 Å². The minimum absolute atomic E-state index is 0.193. The zero-order valence-corrected chi connectivity index (χ0v) is 9.61. The number of benzene rings is 1. The number of ether oxygens (including phenoxy) is 1. The molecule has 0 aromatic heterocycles. The van der Waals surface area contributed by atoms with Gasteiger partial charge in [-0.15, -0.1) is 0 Å². The largest absolute Gasteiger partial charge is 0.478 e. The van der Waals surface area contributed by atoms with Crippen LogP contribution in [0.1, 0.15) is 19.4 Å². The predicted molar refractivity (Wildman–Crippen MR) is 62.1 cm³/mol. The lowest BCUT2D eigenvalue weighted by atomic mass is 10.1. The summed E-state index contributed by atoms with van der Waals surface area (Å²) in [5.41, 5.74) is 0.644. The summed E-state index contributed by atoms with van der Waals surface area (Å²) in [5, 5.41) is 0. The van der Waals surface area contributed by atoms with Crippen LogP contribution in [0.3, 0.4) is 0 Å². The zero-order valence-electron chi connectivity index (χ0n) is 9.61. The molecule has 0 aliphatic carbocycles. The topological polar surface area (TPSA) is 21.6 Å². The second-order valence-corrected chi connectivity index (χ2v) is 4.41. The highest BCUT2D eigenvalue weighted by Crippen LogP contribution is 2.16. The molecule has 1 atom stereocenters. The first-order valence-corrected chi connectivity index (χ1v) is 5.59. The number of rotatable bonds is 3. The molecule has 0 saturated heterocycles. The zero-order chi connectivity index (χ0) is 11.5. The molecule has 86 valence electrons. The van der Waals surface area contributed by atoms with E-state index in [1.54, 1.807) is 12.1 Å². The molecule has 1 heterocycles. The lowest BCUT2D eigenvalue weighted by molar-refractivity contribution is 0.287. The molecule has 0 saturated carbocycles. The summed E-state index contributed by atoms with van der Waals surface area (Å²) in [4.78, 5) is 4.45. The Hall–Kier alpha value is -1.38. The molecular weight excluding hydrogens is 205 g/mol. The van der Waals surface area contributed by atoms with Gasteiger partial charge in [-0.3, -0.25) is 0 Å².